The Hall–Kier alpha value is -3.43. The summed E-state index contributed by atoms with van der Waals surface area (Å²) in [4.78, 5) is 27.7. The molecule has 10 heteroatoms. The van der Waals surface area contributed by atoms with Crippen LogP contribution in [0.25, 0.3) is 6.08 Å². The van der Waals surface area contributed by atoms with Crippen molar-refractivity contribution < 1.29 is 18.0 Å². The van der Waals surface area contributed by atoms with Crippen LogP contribution >= 0.6 is 11.6 Å². The predicted molar refractivity (Wildman–Crippen MR) is 140 cm³/mol. The second kappa shape index (κ2) is 12.5. The highest BCUT2D eigenvalue weighted by Crippen LogP contribution is 2.15. The van der Waals surface area contributed by atoms with E-state index in [2.05, 4.69) is 5.10 Å². The molecule has 0 aliphatic heterocycles. The van der Waals surface area contributed by atoms with Crippen LogP contribution < -0.4 is 4.72 Å². The van der Waals surface area contributed by atoms with E-state index < -0.39 is 27.8 Å². The Morgan fingerprint density at radius 1 is 1.06 bits per heavy atom. The molecule has 0 bridgehead atoms. The van der Waals surface area contributed by atoms with Gasteiger partial charge in [-0.15, -0.1) is 0 Å². The molecule has 1 unspecified atom stereocenters. The molecule has 36 heavy (non-hydrogen) atoms. The van der Waals surface area contributed by atoms with Gasteiger partial charge in [0.05, 0.1) is 18.1 Å². The lowest BCUT2D eigenvalue weighted by Crippen LogP contribution is -2.45. The molecule has 0 radical (unpaired) electrons. The molecule has 3 rings (SSSR count). The number of rotatable bonds is 11. The second-order valence-electron chi connectivity index (χ2n) is 8.16. The van der Waals surface area contributed by atoms with Crippen molar-refractivity contribution in [3.8, 4) is 0 Å². The minimum atomic E-state index is -4.11. The van der Waals surface area contributed by atoms with E-state index in [0.717, 1.165) is 11.0 Å². The van der Waals surface area contributed by atoms with Crippen molar-refractivity contribution in [2.75, 3.05) is 13.1 Å². The first kappa shape index (κ1) is 27.2. The molecule has 1 heterocycles. The summed E-state index contributed by atoms with van der Waals surface area (Å²) >= 11 is 5.94. The number of amides is 2. The van der Waals surface area contributed by atoms with Crippen LogP contribution in [0.2, 0.25) is 5.02 Å². The number of carbonyl (C=O) groups is 2. The van der Waals surface area contributed by atoms with Crippen LogP contribution in [-0.2, 0) is 32.6 Å². The van der Waals surface area contributed by atoms with E-state index in [1.165, 1.54) is 11.0 Å². The van der Waals surface area contributed by atoms with Gasteiger partial charge in [-0.3, -0.25) is 14.3 Å². The number of sulfonamides is 1. The molecule has 190 valence electrons. The summed E-state index contributed by atoms with van der Waals surface area (Å²) in [5.41, 5.74) is 2.29. The van der Waals surface area contributed by atoms with Gasteiger partial charge in [0.1, 0.15) is 5.92 Å². The number of halogens is 1. The van der Waals surface area contributed by atoms with Crippen molar-refractivity contribution in [1.29, 1.82) is 0 Å². The fourth-order valence-electron chi connectivity index (χ4n) is 3.64. The van der Waals surface area contributed by atoms with Crippen LogP contribution in [-0.4, -0.2) is 48.0 Å². The van der Waals surface area contributed by atoms with E-state index in [1.54, 1.807) is 67.3 Å². The number of aromatic nitrogens is 2. The third kappa shape index (κ3) is 7.79. The third-order valence-corrected chi connectivity index (χ3v) is 6.79. The lowest BCUT2D eigenvalue weighted by molar-refractivity contribution is -0.141. The molecule has 0 fully saturated rings. The largest absolute Gasteiger partial charge is 0.343 e. The first-order valence-electron chi connectivity index (χ1n) is 11.5. The molecule has 1 N–H and O–H groups in total. The number of hydrogen-bond acceptors (Lipinski definition) is 5. The number of benzene rings is 2. The van der Waals surface area contributed by atoms with Gasteiger partial charge in [-0.1, -0.05) is 54.1 Å². The van der Waals surface area contributed by atoms with Crippen molar-refractivity contribution >= 4 is 39.5 Å². The Labute approximate surface area is 216 Å². The maximum atomic E-state index is 13.2. The first-order chi connectivity index (χ1) is 17.2. The highest BCUT2D eigenvalue weighted by atomic mass is 35.5. The Balaban J connectivity index is 1.77. The highest BCUT2D eigenvalue weighted by Gasteiger charge is 2.32. The summed E-state index contributed by atoms with van der Waals surface area (Å²) in [6.45, 7) is 4.89. The van der Waals surface area contributed by atoms with Gasteiger partial charge in [-0.25, -0.2) is 13.1 Å². The zero-order valence-electron chi connectivity index (χ0n) is 20.2. The van der Waals surface area contributed by atoms with Gasteiger partial charge in [0.2, 0.25) is 11.8 Å². The van der Waals surface area contributed by atoms with Crippen molar-refractivity contribution in [2.45, 2.75) is 26.8 Å². The molecular formula is C26H29ClN4O4S. The predicted octanol–water partition coefficient (Wildman–Crippen LogP) is 3.73. The monoisotopic (exact) mass is 528 g/mol. The van der Waals surface area contributed by atoms with Crippen LogP contribution in [0.1, 0.15) is 30.5 Å². The smallest absolute Gasteiger partial charge is 0.257 e. The van der Waals surface area contributed by atoms with Crippen molar-refractivity contribution in [3.05, 3.63) is 94.1 Å². The topological polar surface area (TPSA) is 101 Å². The highest BCUT2D eigenvalue weighted by molar-refractivity contribution is 7.93. The van der Waals surface area contributed by atoms with Crippen molar-refractivity contribution in [2.24, 2.45) is 5.92 Å². The fourth-order valence-corrected chi connectivity index (χ4v) is 4.59. The van der Waals surface area contributed by atoms with Gasteiger partial charge in [0.15, 0.2) is 0 Å². The zero-order valence-corrected chi connectivity index (χ0v) is 21.7. The van der Waals surface area contributed by atoms with Gasteiger partial charge in [-0.05, 0) is 55.2 Å². The molecule has 0 aliphatic rings. The molecule has 0 aliphatic carbocycles. The summed E-state index contributed by atoms with van der Waals surface area (Å²) in [7, 11) is -4.11. The standard InChI is InChI=1S/C26H29ClN4O4S/c1-3-30(4-2)26(33)24(25(32)29-36(34,35)15-14-20-8-6-5-7-9-20)16-22-17-28-31(19-22)18-21-10-12-23(27)13-11-21/h5-15,17,19,24H,3-4,16,18H2,1-2H3,(H,29,32)/b15-14+. The van der Waals surface area contributed by atoms with Gasteiger partial charge in [0, 0.05) is 24.3 Å². The summed E-state index contributed by atoms with van der Waals surface area (Å²) in [5.74, 6) is -2.54. The molecule has 0 spiro atoms. The maximum Gasteiger partial charge on any atom is 0.257 e. The maximum absolute atomic E-state index is 13.2. The van der Waals surface area contributed by atoms with E-state index in [1.807, 2.05) is 22.9 Å². The molecule has 8 nitrogen and oxygen atoms in total. The van der Waals surface area contributed by atoms with Crippen LogP contribution in [0.15, 0.2) is 72.4 Å². The molecule has 0 saturated heterocycles. The average molecular weight is 529 g/mol. The average Bonchev–Trinajstić information content (AvgIpc) is 3.30. The Kier molecular flexibility index (Phi) is 9.44. The van der Waals surface area contributed by atoms with E-state index in [9.17, 15) is 18.0 Å². The number of hydrogen-bond donors (Lipinski definition) is 1. The van der Waals surface area contributed by atoms with E-state index in [4.69, 9.17) is 11.6 Å². The minimum Gasteiger partial charge on any atom is -0.343 e. The van der Waals surface area contributed by atoms with E-state index >= 15 is 0 Å². The quantitative estimate of drug-likeness (QED) is 0.382. The summed E-state index contributed by atoms with van der Waals surface area (Å²) in [6.07, 6.45) is 4.72. The summed E-state index contributed by atoms with van der Waals surface area (Å²) in [6, 6.07) is 16.2. The lowest BCUT2D eigenvalue weighted by atomic mass is 9.99. The number of nitrogens with zero attached hydrogens (tertiary/aromatic N) is 3. The molecule has 0 saturated carbocycles. The Bertz CT molecular complexity index is 1300. The normalized spacial score (nSPS) is 12.4. The molecule has 1 atom stereocenters. The first-order valence-corrected chi connectivity index (χ1v) is 13.5. The Morgan fingerprint density at radius 3 is 2.36 bits per heavy atom. The van der Waals surface area contributed by atoms with Crippen molar-refractivity contribution in [3.63, 3.8) is 0 Å². The van der Waals surface area contributed by atoms with Gasteiger partial charge < -0.3 is 4.90 Å². The van der Waals surface area contributed by atoms with Crippen LogP contribution in [0, 0.1) is 5.92 Å². The van der Waals surface area contributed by atoms with Gasteiger partial charge >= 0.3 is 0 Å². The Morgan fingerprint density at radius 2 is 1.72 bits per heavy atom. The molecule has 1 aromatic heterocycles. The molecule has 2 aromatic carbocycles. The zero-order chi connectivity index (χ0) is 26.1. The van der Waals surface area contributed by atoms with Crippen LogP contribution in [0.4, 0.5) is 0 Å². The third-order valence-electron chi connectivity index (χ3n) is 5.56. The van der Waals surface area contributed by atoms with Gasteiger partial charge in [-0.2, -0.15) is 5.10 Å². The molecule has 3 aromatic rings. The lowest BCUT2D eigenvalue weighted by Gasteiger charge is -2.24. The van der Waals surface area contributed by atoms with E-state index in [0.29, 0.717) is 35.8 Å². The van der Waals surface area contributed by atoms with Gasteiger partial charge in [0.25, 0.3) is 10.0 Å². The van der Waals surface area contributed by atoms with Crippen LogP contribution in [0.5, 0.6) is 0 Å². The fraction of sp³-hybridized carbons (Fsp3) is 0.269. The minimum absolute atomic E-state index is 0.0136. The summed E-state index contributed by atoms with van der Waals surface area (Å²) < 4.78 is 28.9. The number of nitrogens with one attached hydrogen (secondary N) is 1. The SMILES string of the molecule is CCN(CC)C(=O)C(Cc1cnn(Cc2ccc(Cl)cc2)c1)C(=O)NS(=O)(=O)/C=C/c1ccccc1. The molecular weight excluding hydrogens is 500 g/mol. The number of carbonyl (C=O) groups excluding carboxylic acids is 2. The second-order valence-corrected chi connectivity index (χ2v) is 10.2. The summed E-state index contributed by atoms with van der Waals surface area (Å²) in [5, 5.41) is 5.88. The molecule has 2 amide bonds. The van der Waals surface area contributed by atoms with E-state index in [-0.39, 0.29) is 6.42 Å². The van der Waals surface area contributed by atoms with Crippen LogP contribution in [0.3, 0.4) is 0 Å². The van der Waals surface area contributed by atoms with Crippen molar-refractivity contribution in [1.82, 2.24) is 19.4 Å².